The van der Waals surface area contributed by atoms with Crippen LogP contribution in [0, 0.1) is 0 Å². The molecule has 2 N–H and O–H groups in total. The van der Waals surface area contributed by atoms with E-state index in [-0.39, 0.29) is 18.6 Å². The predicted octanol–water partition coefficient (Wildman–Crippen LogP) is 0.157. The molecule has 86 valence electrons. The van der Waals surface area contributed by atoms with E-state index in [9.17, 15) is 4.79 Å². The molecule has 4 heteroatoms. The van der Waals surface area contributed by atoms with Crippen molar-refractivity contribution in [1.29, 1.82) is 0 Å². The maximum atomic E-state index is 11.6. The summed E-state index contributed by atoms with van der Waals surface area (Å²) in [6, 6.07) is -0.268. The highest BCUT2D eigenvalue weighted by Crippen LogP contribution is 1.98. The molecule has 0 bridgehead atoms. The highest BCUT2D eigenvalue weighted by Gasteiger charge is 2.18. The van der Waals surface area contributed by atoms with Crippen molar-refractivity contribution in [2.75, 3.05) is 26.2 Å². The van der Waals surface area contributed by atoms with E-state index in [0.29, 0.717) is 19.6 Å². The summed E-state index contributed by atoms with van der Waals surface area (Å²) < 4.78 is 0. The first-order valence-corrected chi connectivity index (χ1v) is 5.01. The second-order valence-corrected chi connectivity index (χ2v) is 3.22. The minimum absolute atomic E-state index is 0.0346. The first kappa shape index (κ1) is 13.9. The maximum absolute atomic E-state index is 11.6. The van der Waals surface area contributed by atoms with E-state index in [1.165, 1.54) is 0 Å². The Balaban J connectivity index is 4.19. The van der Waals surface area contributed by atoms with Gasteiger partial charge in [0, 0.05) is 19.6 Å². The molecule has 0 rings (SSSR count). The molecule has 0 saturated carbocycles. The lowest BCUT2D eigenvalue weighted by Crippen LogP contribution is -2.46. The number of aliphatic hydroxyl groups is 1. The van der Waals surface area contributed by atoms with Crippen LogP contribution in [0.2, 0.25) is 0 Å². The quantitative estimate of drug-likeness (QED) is 0.563. The second-order valence-electron chi connectivity index (χ2n) is 3.22. The molecule has 0 fully saturated rings. The Hall–Kier alpha value is -1.13. The third kappa shape index (κ3) is 5.34. The van der Waals surface area contributed by atoms with Crippen LogP contribution in [-0.4, -0.2) is 48.2 Å². The Morgan fingerprint density at radius 3 is 2.67 bits per heavy atom. The van der Waals surface area contributed by atoms with Gasteiger partial charge in [0.05, 0.1) is 12.6 Å². The summed E-state index contributed by atoms with van der Waals surface area (Å²) in [6.45, 7) is 10.5. The lowest BCUT2D eigenvalue weighted by atomic mass is 10.2. The highest BCUT2D eigenvalue weighted by atomic mass is 16.3. The summed E-state index contributed by atoms with van der Waals surface area (Å²) in [4.78, 5) is 13.4. The molecule has 0 aromatic heterocycles. The van der Waals surface area contributed by atoms with Gasteiger partial charge in [-0.05, 0) is 6.92 Å². The van der Waals surface area contributed by atoms with Crippen LogP contribution in [0.1, 0.15) is 6.92 Å². The van der Waals surface area contributed by atoms with Crippen molar-refractivity contribution in [2.45, 2.75) is 13.0 Å². The lowest BCUT2D eigenvalue weighted by molar-refractivity contribution is -0.125. The average Bonchev–Trinajstić information content (AvgIpc) is 2.24. The van der Waals surface area contributed by atoms with Crippen molar-refractivity contribution < 1.29 is 9.90 Å². The number of carbonyl (C=O) groups excluding carboxylic acids is 1. The SMILES string of the molecule is C=CCNC(=O)C(C)N(CC=C)CCO. The zero-order valence-corrected chi connectivity index (χ0v) is 9.28. The molecule has 0 aromatic rings. The van der Waals surface area contributed by atoms with Crippen molar-refractivity contribution in [3.05, 3.63) is 25.3 Å². The van der Waals surface area contributed by atoms with Crippen molar-refractivity contribution in [2.24, 2.45) is 0 Å². The molecule has 0 aliphatic rings. The summed E-state index contributed by atoms with van der Waals surface area (Å²) >= 11 is 0. The molecule has 0 heterocycles. The molecule has 4 nitrogen and oxygen atoms in total. The molecule has 0 aromatic carbocycles. The summed E-state index contributed by atoms with van der Waals surface area (Å²) in [5.41, 5.74) is 0. The van der Waals surface area contributed by atoms with Crippen LogP contribution < -0.4 is 5.32 Å². The average molecular weight is 212 g/mol. The predicted molar refractivity (Wildman–Crippen MR) is 61.5 cm³/mol. The third-order valence-electron chi connectivity index (χ3n) is 2.10. The lowest BCUT2D eigenvalue weighted by Gasteiger charge is -2.25. The van der Waals surface area contributed by atoms with Gasteiger partial charge in [-0.1, -0.05) is 12.2 Å². The van der Waals surface area contributed by atoms with Crippen molar-refractivity contribution in [3.63, 3.8) is 0 Å². The van der Waals surface area contributed by atoms with Crippen LogP contribution >= 0.6 is 0 Å². The molecule has 15 heavy (non-hydrogen) atoms. The Labute approximate surface area is 91.3 Å². The molecule has 1 atom stereocenters. The maximum Gasteiger partial charge on any atom is 0.237 e. The molecule has 0 radical (unpaired) electrons. The van der Waals surface area contributed by atoms with Gasteiger partial charge < -0.3 is 10.4 Å². The van der Waals surface area contributed by atoms with Crippen LogP contribution in [0.25, 0.3) is 0 Å². The Bertz CT molecular complexity index is 217. The van der Waals surface area contributed by atoms with E-state index >= 15 is 0 Å². The van der Waals surface area contributed by atoms with Gasteiger partial charge in [-0.3, -0.25) is 9.69 Å². The van der Waals surface area contributed by atoms with E-state index in [1.807, 2.05) is 4.90 Å². The van der Waals surface area contributed by atoms with E-state index in [2.05, 4.69) is 18.5 Å². The number of amides is 1. The van der Waals surface area contributed by atoms with Gasteiger partial charge in [0.2, 0.25) is 5.91 Å². The van der Waals surface area contributed by atoms with E-state index < -0.39 is 0 Å². The molecule has 0 aliphatic heterocycles. The smallest absolute Gasteiger partial charge is 0.237 e. The fraction of sp³-hybridized carbons (Fsp3) is 0.545. The van der Waals surface area contributed by atoms with Gasteiger partial charge in [-0.25, -0.2) is 0 Å². The summed E-state index contributed by atoms with van der Waals surface area (Å²) in [7, 11) is 0. The van der Waals surface area contributed by atoms with Gasteiger partial charge in [0.1, 0.15) is 0 Å². The fourth-order valence-electron chi connectivity index (χ4n) is 1.22. The minimum Gasteiger partial charge on any atom is -0.395 e. The molecular formula is C11H20N2O2. The van der Waals surface area contributed by atoms with Crippen molar-refractivity contribution in [1.82, 2.24) is 10.2 Å². The summed E-state index contributed by atoms with van der Waals surface area (Å²) in [5, 5.41) is 11.6. The number of carbonyl (C=O) groups is 1. The largest absolute Gasteiger partial charge is 0.395 e. The number of nitrogens with zero attached hydrogens (tertiary/aromatic N) is 1. The summed E-state index contributed by atoms with van der Waals surface area (Å²) in [6.07, 6.45) is 3.35. The molecule has 0 aliphatic carbocycles. The van der Waals surface area contributed by atoms with Crippen LogP contribution in [0.4, 0.5) is 0 Å². The minimum atomic E-state index is -0.268. The molecule has 0 saturated heterocycles. The third-order valence-corrected chi connectivity index (χ3v) is 2.10. The molecule has 1 unspecified atom stereocenters. The fourth-order valence-corrected chi connectivity index (χ4v) is 1.22. The van der Waals surface area contributed by atoms with Gasteiger partial charge in [-0.15, -0.1) is 13.2 Å². The number of hydrogen-bond acceptors (Lipinski definition) is 3. The Kier molecular flexibility index (Phi) is 7.58. The van der Waals surface area contributed by atoms with E-state index in [0.717, 1.165) is 0 Å². The number of hydrogen-bond donors (Lipinski definition) is 2. The first-order valence-electron chi connectivity index (χ1n) is 5.01. The van der Waals surface area contributed by atoms with Crippen LogP contribution in [0.3, 0.4) is 0 Å². The van der Waals surface area contributed by atoms with Gasteiger partial charge >= 0.3 is 0 Å². The van der Waals surface area contributed by atoms with Gasteiger partial charge in [-0.2, -0.15) is 0 Å². The van der Waals surface area contributed by atoms with Crippen molar-refractivity contribution in [3.8, 4) is 0 Å². The molecular weight excluding hydrogens is 192 g/mol. The van der Waals surface area contributed by atoms with Crippen LogP contribution in [0.15, 0.2) is 25.3 Å². The van der Waals surface area contributed by atoms with Gasteiger partial charge in [0.25, 0.3) is 0 Å². The van der Waals surface area contributed by atoms with Crippen LogP contribution in [0.5, 0.6) is 0 Å². The monoisotopic (exact) mass is 212 g/mol. The standard InChI is InChI=1S/C11H20N2O2/c1-4-6-12-11(15)10(3)13(7-5-2)8-9-14/h4-5,10,14H,1-2,6-9H2,3H3,(H,12,15). The number of rotatable bonds is 8. The van der Waals surface area contributed by atoms with Crippen molar-refractivity contribution >= 4 is 5.91 Å². The first-order chi connectivity index (χ1) is 7.17. The van der Waals surface area contributed by atoms with E-state index in [1.54, 1.807) is 19.1 Å². The number of aliphatic hydroxyl groups excluding tert-OH is 1. The number of nitrogens with one attached hydrogen (secondary N) is 1. The topological polar surface area (TPSA) is 52.6 Å². The summed E-state index contributed by atoms with van der Waals surface area (Å²) in [5.74, 6) is -0.0646. The molecule has 1 amide bonds. The van der Waals surface area contributed by atoms with Gasteiger partial charge in [0.15, 0.2) is 0 Å². The van der Waals surface area contributed by atoms with Crippen LogP contribution in [-0.2, 0) is 4.79 Å². The molecule has 0 spiro atoms. The highest BCUT2D eigenvalue weighted by molar-refractivity contribution is 5.81. The normalized spacial score (nSPS) is 12.2. The Morgan fingerprint density at radius 2 is 2.20 bits per heavy atom. The zero-order valence-electron chi connectivity index (χ0n) is 9.28. The zero-order chi connectivity index (χ0) is 11.7. The van der Waals surface area contributed by atoms with E-state index in [4.69, 9.17) is 5.11 Å². The second kappa shape index (κ2) is 8.20. The Morgan fingerprint density at radius 1 is 1.53 bits per heavy atom.